The maximum atomic E-state index is 12.1. The molecule has 0 aliphatic carbocycles. The fourth-order valence-corrected chi connectivity index (χ4v) is 5.70. The first-order valence-electron chi connectivity index (χ1n) is 10.8. The normalized spacial score (nSPS) is 33.3. The predicted octanol–water partition coefficient (Wildman–Crippen LogP) is 3.12. The van der Waals surface area contributed by atoms with Gasteiger partial charge in [-0.1, -0.05) is 13.8 Å². The van der Waals surface area contributed by atoms with Crippen LogP contribution in [0.1, 0.15) is 65.2 Å². The highest BCUT2D eigenvalue weighted by Gasteiger charge is 2.47. The highest BCUT2D eigenvalue weighted by Crippen LogP contribution is 2.42. The summed E-state index contributed by atoms with van der Waals surface area (Å²) in [6.45, 7) is 9.16. The van der Waals surface area contributed by atoms with Crippen molar-refractivity contribution >= 4 is 5.91 Å². The topological polar surface area (TPSA) is 35.6 Å². The number of nitrogens with one attached hydrogen (secondary N) is 1. The van der Waals surface area contributed by atoms with Crippen LogP contribution < -0.4 is 5.32 Å². The third-order valence-corrected chi connectivity index (χ3v) is 6.88. The molecule has 3 heterocycles. The first-order chi connectivity index (χ1) is 12.1. The van der Waals surface area contributed by atoms with Crippen molar-refractivity contribution in [1.29, 1.82) is 0 Å². The Morgan fingerprint density at radius 3 is 2.72 bits per heavy atom. The molecule has 0 saturated carbocycles. The van der Waals surface area contributed by atoms with Gasteiger partial charge in [-0.2, -0.15) is 0 Å². The molecule has 3 aliphatic rings. The number of amides is 1. The molecule has 3 saturated heterocycles. The number of hydrogen-bond donors (Lipinski definition) is 1. The highest BCUT2D eigenvalue weighted by molar-refractivity contribution is 5.75. The molecule has 0 aromatic rings. The van der Waals surface area contributed by atoms with E-state index in [4.69, 9.17) is 0 Å². The summed E-state index contributed by atoms with van der Waals surface area (Å²) in [5.74, 6) is 2.63. The summed E-state index contributed by atoms with van der Waals surface area (Å²) in [7, 11) is 2.33. The fourth-order valence-electron chi connectivity index (χ4n) is 5.70. The molecule has 0 bridgehead atoms. The Bertz CT molecular complexity index is 437. The summed E-state index contributed by atoms with van der Waals surface area (Å²) in [4.78, 5) is 17.5. The van der Waals surface area contributed by atoms with Gasteiger partial charge < -0.3 is 10.2 Å². The van der Waals surface area contributed by atoms with Crippen molar-refractivity contribution in [2.24, 2.45) is 17.8 Å². The Labute approximate surface area is 154 Å². The van der Waals surface area contributed by atoms with E-state index in [-0.39, 0.29) is 5.91 Å². The van der Waals surface area contributed by atoms with Gasteiger partial charge in [0.1, 0.15) is 0 Å². The van der Waals surface area contributed by atoms with Gasteiger partial charge in [-0.3, -0.25) is 9.69 Å². The van der Waals surface area contributed by atoms with Gasteiger partial charge in [0.2, 0.25) is 5.91 Å². The molecule has 0 aromatic heterocycles. The molecule has 25 heavy (non-hydrogen) atoms. The van der Waals surface area contributed by atoms with Gasteiger partial charge in [-0.15, -0.1) is 0 Å². The summed E-state index contributed by atoms with van der Waals surface area (Å²) < 4.78 is 0. The highest BCUT2D eigenvalue weighted by atomic mass is 16.1. The molecule has 4 nitrogen and oxygen atoms in total. The van der Waals surface area contributed by atoms with Gasteiger partial charge in [-0.25, -0.2) is 0 Å². The van der Waals surface area contributed by atoms with E-state index < -0.39 is 0 Å². The molecule has 1 N–H and O–H groups in total. The Hall–Kier alpha value is -0.610. The molecule has 3 aliphatic heterocycles. The van der Waals surface area contributed by atoms with Crippen molar-refractivity contribution < 1.29 is 4.79 Å². The molecule has 0 aromatic carbocycles. The molecule has 3 fully saturated rings. The van der Waals surface area contributed by atoms with Crippen molar-refractivity contribution in [3.8, 4) is 0 Å². The van der Waals surface area contributed by atoms with E-state index in [9.17, 15) is 4.79 Å². The lowest BCUT2D eigenvalue weighted by Crippen LogP contribution is -2.63. The van der Waals surface area contributed by atoms with Crippen molar-refractivity contribution in [1.82, 2.24) is 15.1 Å². The number of likely N-dealkylation sites (tertiary alicyclic amines) is 1. The van der Waals surface area contributed by atoms with Crippen molar-refractivity contribution in [3.63, 3.8) is 0 Å². The van der Waals surface area contributed by atoms with E-state index in [0.717, 1.165) is 37.3 Å². The third-order valence-electron chi connectivity index (χ3n) is 6.88. The lowest BCUT2D eigenvalue weighted by Gasteiger charge is -2.57. The Kier molecular flexibility index (Phi) is 6.79. The van der Waals surface area contributed by atoms with Crippen LogP contribution in [0.3, 0.4) is 0 Å². The summed E-state index contributed by atoms with van der Waals surface area (Å²) in [5.41, 5.74) is 0. The van der Waals surface area contributed by atoms with Gasteiger partial charge in [-0.05, 0) is 82.8 Å². The van der Waals surface area contributed by atoms with E-state index >= 15 is 0 Å². The van der Waals surface area contributed by atoms with E-state index in [0.29, 0.717) is 18.4 Å². The molecular weight excluding hydrogens is 310 g/mol. The van der Waals surface area contributed by atoms with Crippen LogP contribution in [-0.4, -0.2) is 61.0 Å². The minimum Gasteiger partial charge on any atom is -0.356 e. The number of carbonyl (C=O) groups excluding carboxylic acids is 1. The van der Waals surface area contributed by atoms with Crippen LogP contribution in [-0.2, 0) is 4.79 Å². The van der Waals surface area contributed by atoms with Crippen LogP contribution in [0.25, 0.3) is 0 Å². The van der Waals surface area contributed by atoms with Gasteiger partial charge in [0.05, 0.1) is 0 Å². The van der Waals surface area contributed by atoms with E-state index in [1.165, 1.54) is 51.7 Å². The van der Waals surface area contributed by atoms with Crippen LogP contribution in [0.2, 0.25) is 0 Å². The average Bonchev–Trinajstić information content (AvgIpc) is 2.57. The largest absolute Gasteiger partial charge is 0.356 e. The molecule has 4 atom stereocenters. The quantitative estimate of drug-likeness (QED) is 0.767. The number of hydrogen-bond acceptors (Lipinski definition) is 3. The first kappa shape index (κ1) is 19.2. The molecule has 0 unspecified atom stereocenters. The summed E-state index contributed by atoms with van der Waals surface area (Å²) in [5, 5.41) is 3.09. The van der Waals surface area contributed by atoms with Gasteiger partial charge in [0, 0.05) is 31.6 Å². The van der Waals surface area contributed by atoms with Crippen LogP contribution in [0, 0.1) is 17.8 Å². The second-order valence-corrected chi connectivity index (χ2v) is 9.17. The average molecular weight is 350 g/mol. The summed E-state index contributed by atoms with van der Waals surface area (Å²) >= 11 is 0. The molecule has 144 valence electrons. The number of nitrogens with zero attached hydrogens (tertiary/aromatic N) is 2. The number of rotatable bonds is 7. The second-order valence-electron chi connectivity index (χ2n) is 9.17. The zero-order valence-electron chi connectivity index (χ0n) is 16.7. The minimum atomic E-state index is 0.250. The fraction of sp³-hybridized carbons (Fsp3) is 0.952. The third kappa shape index (κ3) is 4.77. The lowest BCUT2D eigenvalue weighted by atomic mass is 9.69. The van der Waals surface area contributed by atoms with Crippen molar-refractivity contribution in [2.45, 2.75) is 77.3 Å². The first-order valence-corrected chi connectivity index (χ1v) is 10.8. The predicted molar refractivity (Wildman–Crippen MR) is 104 cm³/mol. The molecule has 1 amide bonds. The van der Waals surface area contributed by atoms with Crippen molar-refractivity contribution in [3.05, 3.63) is 0 Å². The van der Waals surface area contributed by atoms with Crippen LogP contribution in [0.5, 0.6) is 0 Å². The Morgan fingerprint density at radius 1 is 1.20 bits per heavy atom. The Balaban J connectivity index is 1.47. The zero-order chi connectivity index (χ0) is 17.8. The summed E-state index contributed by atoms with van der Waals surface area (Å²) in [6.07, 6.45) is 9.59. The Morgan fingerprint density at radius 2 is 1.96 bits per heavy atom. The van der Waals surface area contributed by atoms with Gasteiger partial charge in [0.15, 0.2) is 0 Å². The standard InChI is InChI=1S/C21H39N3O/c1-16(2)11-12-22-20(25)10-4-9-19-18-8-6-14-24-13-5-7-17(21(18)24)15-23(19)3/h16-19,21H,4-15H2,1-3H3,(H,22,25)/t17-,18+,19+,21-/m0/s1. The SMILES string of the molecule is CC(C)CCNC(=O)CCC[C@@H]1[C@H]2CCCN3CCC[C@@H](CN1C)[C@@H]23. The van der Waals surface area contributed by atoms with E-state index in [1.807, 2.05) is 0 Å². The van der Waals surface area contributed by atoms with Gasteiger partial charge in [0.25, 0.3) is 0 Å². The molecule has 4 heteroatoms. The van der Waals surface area contributed by atoms with E-state index in [2.05, 4.69) is 36.0 Å². The maximum absolute atomic E-state index is 12.1. The number of carbonyl (C=O) groups is 1. The maximum Gasteiger partial charge on any atom is 0.219 e. The minimum absolute atomic E-state index is 0.250. The van der Waals surface area contributed by atoms with Crippen LogP contribution in [0.15, 0.2) is 0 Å². The van der Waals surface area contributed by atoms with Crippen LogP contribution in [0.4, 0.5) is 0 Å². The van der Waals surface area contributed by atoms with E-state index in [1.54, 1.807) is 0 Å². The lowest BCUT2D eigenvalue weighted by molar-refractivity contribution is -0.121. The zero-order valence-corrected chi connectivity index (χ0v) is 16.7. The number of piperidine rings is 3. The van der Waals surface area contributed by atoms with Crippen molar-refractivity contribution in [2.75, 3.05) is 33.2 Å². The monoisotopic (exact) mass is 349 g/mol. The smallest absolute Gasteiger partial charge is 0.219 e. The summed E-state index contributed by atoms with van der Waals surface area (Å²) in [6, 6.07) is 1.52. The molecular formula is C21H39N3O. The molecule has 0 radical (unpaired) electrons. The van der Waals surface area contributed by atoms with Crippen LogP contribution >= 0.6 is 0 Å². The molecule has 0 spiro atoms. The van der Waals surface area contributed by atoms with Gasteiger partial charge >= 0.3 is 0 Å². The molecule has 3 rings (SSSR count). The second kappa shape index (κ2) is 8.85.